The molecule has 1 aliphatic heterocycles. The summed E-state index contributed by atoms with van der Waals surface area (Å²) in [5, 5.41) is 9.92. The van der Waals surface area contributed by atoms with Gasteiger partial charge in [-0.25, -0.2) is 0 Å². The van der Waals surface area contributed by atoms with Crippen molar-refractivity contribution in [3.05, 3.63) is 0 Å². The minimum Gasteiger partial charge on any atom is -0.408 e. The van der Waals surface area contributed by atoms with Gasteiger partial charge in [-0.1, -0.05) is 47.0 Å². The second-order valence-corrected chi connectivity index (χ2v) is 12.2. The molecule has 0 unspecified atom stereocenters. The van der Waals surface area contributed by atoms with Crippen LogP contribution in [0.5, 0.6) is 0 Å². The summed E-state index contributed by atoms with van der Waals surface area (Å²) in [6.07, 6.45) is 2.86. The van der Waals surface area contributed by atoms with Crippen LogP contribution in [0.15, 0.2) is 0 Å². The topological polar surface area (TPSA) is 66.4 Å². The normalized spacial score (nSPS) is 29.2. The van der Waals surface area contributed by atoms with Crippen molar-refractivity contribution in [2.45, 2.75) is 102 Å². The largest absolute Gasteiger partial charge is 0.408 e. The molecule has 1 rings (SSSR count). The highest BCUT2D eigenvalue weighted by molar-refractivity contribution is 6.73. The van der Waals surface area contributed by atoms with E-state index in [0.29, 0.717) is 0 Å². The van der Waals surface area contributed by atoms with Crippen LogP contribution in [0.4, 0.5) is 0 Å². The van der Waals surface area contributed by atoms with E-state index in [2.05, 4.69) is 27.7 Å². The third-order valence-electron chi connectivity index (χ3n) is 5.97. The van der Waals surface area contributed by atoms with Crippen LogP contribution in [0.1, 0.15) is 53.4 Å². The molecule has 0 bridgehead atoms. The Morgan fingerprint density at radius 3 is 2.04 bits per heavy atom. The number of aliphatic hydroxyl groups is 1. The molecule has 1 heterocycles. The van der Waals surface area contributed by atoms with Crippen molar-refractivity contribution in [1.82, 2.24) is 0 Å². The van der Waals surface area contributed by atoms with E-state index in [1.54, 1.807) is 14.2 Å². The number of unbranched alkanes of at least 4 members (excludes halogenated alkanes) is 2. The highest BCUT2D eigenvalue weighted by Gasteiger charge is 2.49. The summed E-state index contributed by atoms with van der Waals surface area (Å²) in [5.41, 5.74) is 0. The Balaban J connectivity index is 3.14. The van der Waals surface area contributed by atoms with Crippen molar-refractivity contribution < 1.29 is 28.5 Å². The van der Waals surface area contributed by atoms with Crippen LogP contribution in [0.25, 0.3) is 0 Å². The van der Waals surface area contributed by atoms with Crippen molar-refractivity contribution in [2.24, 2.45) is 0 Å². The fourth-order valence-electron chi connectivity index (χ4n) is 4.02. The molecule has 0 aliphatic carbocycles. The highest BCUT2D eigenvalue weighted by Crippen LogP contribution is 2.34. The molecule has 27 heavy (non-hydrogen) atoms. The molecular formula is C20H42O6Si. The van der Waals surface area contributed by atoms with E-state index in [4.69, 9.17) is 23.4 Å². The van der Waals surface area contributed by atoms with Crippen molar-refractivity contribution >= 4 is 8.32 Å². The lowest BCUT2D eigenvalue weighted by atomic mass is 9.92. The Kier molecular flexibility index (Phi) is 12.3. The van der Waals surface area contributed by atoms with Gasteiger partial charge in [0.1, 0.15) is 31.2 Å². The molecule has 5 atom stereocenters. The van der Waals surface area contributed by atoms with Crippen LogP contribution in [0.3, 0.4) is 0 Å². The molecule has 0 spiro atoms. The molecule has 1 aliphatic rings. The lowest BCUT2D eigenvalue weighted by Gasteiger charge is -2.48. The Morgan fingerprint density at radius 1 is 0.889 bits per heavy atom. The van der Waals surface area contributed by atoms with Gasteiger partial charge in [0.2, 0.25) is 0 Å². The Hall–Kier alpha value is -0.0231. The van der Waals surface area contributed by atoms with E-state index < -0.39 is 14.4 Å². The smallest absolute Gasteiger partial charge is 0.192 e. The van der Waals surface area contributed by atoms with Crippen LogP contribution in [0, 0.1) is 0 Å². The van der Waals surface area contributed by atoms with Crippen molar-refractivity contribution in [3.63, 3.8) is 0 Å². The van der Waals surface area contributed by atoms with Gasteiger partial charge in [0.25, 0.3) is 0 Å². The van der Waals surface area contributed by atoms with E-state index in [9.17, 15) is 5.11 Å². The number of aliphatic hydroxyl groups excluding tert-OH is 1. The summed E-state index contributed by atoms with van der Waals surface area (Å²) in [5.74, 6) is 0. The lowest BCUT2D eigenvalue weighted by molar-refractivity contribution is -0.258. The Bertz CT molecular complexity index is 371. The van der Waals surface area contributed by atoms with Crippen molar-refractivity contribution in [2.75, 3.05) is 27.6 Å². The monoisotopic (exact) mass is 406 g/mol. The summed E-state index contributed by atoms with van der Waals surface area (Å²) in [6.45, 7) is 8.94. The molecule has 0 aromatic heterocycles. The lowest BCUT2D eigenvalue weighted by Crippen LogP contribution is -2.63. The van der Waals surface area contributed by atoms with E-state index in [0.717, 1.165) is 43.8 Å². The first kappa shape index (κ1) is 25.0. The van der Waals surface area contributed by atoms with Gasteiger partial charge in [-0.15, -0.1) is 0 Å². The number of ether oxygens (including phenoxy) is 4. The number of hydrogen-bond donors (Lipinski definition) is 1. The van der Waals surface area contributed by atoms with Gasteiger partial charge in [0.15, 0.2) is 8.32 Å². The molecule has 1 fully saturated rings. The average molecular weight is 407 g/mol. The molecular weight excluding hydrogens is 364 g/mol. The highest BCUT2D eigenvalue weighted by atomic mass is 28.4. The predicted octanol–water partition coefficient (Wildman–Crippen LogP) is 3.72. The van der Waals surface area contributed by atoms with Crippen LogP contribution < -0.4 is 0 Å². The van der Waals surface area contributed by atoms with Crippen LogP contribution in [-0.4, -0.2) is 71.6 Å². The second-order valence-electron chi connectivity index (χ2n) is 7.46. The summed E-state index contributed by atoms with van der Waals surface area (Å²) >= 11 is 0. The standard InChI is InChI=1S/C20H42O6Si/c1-7-11-12-13-16-19(24-15-22-5)20(18(23-6)17(14-21)25-16)26-27(8-2,9-3)10-4/h16-21H,7-15H2,1-6H3/t16-,17-,18-,19-,20+/m1/s1. The minimum atomic E-state index is -1.89. The second kappa shape index (κ2) is 13.2. The van der Waals surface area contributed by atoms with Gasteiger partial charge in [0.05, 0.1) is 12.7 Å². The number of rotatable bonds is 14. The third kappa shape index (κ3) is 6.77. The summed E-state index contributed by atoms with van der Waals surface area (Å²) in [7, 11) is 1.39. The fraction of sp³-hybridized carbons (Fsp3) is 1.00. The molecule has 0 aromatic carbocycles. The predicted molar refractivity (Wildman–Crippen MR) is 110 cm³/mol. The van der Waals surface area contributed by atoms with Crippen molar-refractivity contribution in [3.8, 4) is 0 Å². The van der Waals surface area contributed by atoms with Gasteiger partial charge in [-0.3, -0.25) is 0 Å². The molecule has 7 heteroatoms. The molecule has 0 aromatic rings. The SMILES string of the molecule is CCCCC[C@H]1O[C@H](CO)[C@@H](OC)[C@H](O[Si](CC)(CC)CC)[C@@H]1OCOC. The molecule has 6 nitrogen and oxygen atoms in total. The first-order chi connectivity index (χ1) is 13.1. The first-order valence-electron chi connectivity index (χ1n) is 10.6. The zero-order valence-corrected chi connectivity index (χ0v) is 19.2. The molecule has 0 amide bonds. The summed E-state index contributed by atoms with van der Waals surface area (Å²) in [6, 6.07) is 3.15. The molecule has 0 radical (unpaired) electrons. The van der Waals surface area contributed by atoms with E-state index >= 15 is 0 Å². The minimum absolute atomic E-state index is 0.0847. The third-order valence-corrected chi connectivity index (χ3v) is 10.6. The zero-order chi connectivity index (χ0) is 20.3. The summed E-state index contributed by atoms with van der Waals surface area (Å²) in [4.78, 5) is 0. The van der Waals surface area contributed by atoms with Gasteiger partial charge in [-0.05, 0) is 24.6 Å². The van der Waals surface area contributed by atoms with Crippen LogP contribution in [0.2, 0.25) is 18.1 Å². The van der Waals surface area contributed by atoms with Gasteiger partial charge < -0.3 is 28.5 Å². The van der Waals surface area contributed by atoms with Crippen LogP contribution >= 0.6 is 0 Å². The quantitative estimate of drug-likeness (QED) is 0.269. The van der Waals surface area contributed by atoms with E-state index in [1.165, 1.54) is 0 Å². The number of methoxy groups -OCH3 is 2. The van der Waals surface area contributed by atoms with Gasteiger partial charge in [0, 0.05) is 14.2 Å². The summed E-state index contributed by atoms with van der Waals surface area (Å²) < 4.78 is 30.1. The fourth-order valence-corrected chi connectivity index (χ4v) is 6.87. The molecule has 1 saturated heterocycles. The molecule has 0 saturated carbocycles. The maximum absolute atomic E-state index is 9.92. The zero-order valence-electron chi connectivity index (χ0n) is 18.2. The Labute approximate surface area is 167 Å². The van der Waals surface area contributed by atoms with Crippen molar-refractivity contribution in [1.29, 1.82) is 0 Å². The van der Waals surface area contributed by atoms with E-state index in [1.807, 2.05) is 0 Å². The van der Waals surface area contributed by atoms with Crippen LogP contribution in [-0.2, 0) is 23.4 Å². The van der Waals surface area contributed by atoms with Gasteiger partial charge in [-0.2, -0.15) is 0 Å². The van der Waals surface area contributed by atoms with Gasteiger partial charge >= 0.3 is 0 Å². The Morgan fingerprint density at radius 2 is 1.56 bits per heavy atom. The molecule has 162 valence electrons. The van der Waals surface area contributed by atoms with E-state index in [-0.39, 0.29) is 37.8 Å². The number of hydrogen-bond acceptors (Lipinski definition) is 6. The first-order valence-corrected chi connectivity index (χ1v) is 13.2. The average Bonchev–Trinajstić information content (AvgIpc) is 2.71. The maximum Gasteiger partial charge on any atom is 0.192 e. The molecule has 1 N–H and O–H groups in total. The maximum atomic E-state index is 9.92.